The molecule has 1 aromatic heterocycles. The zero-order chi connectivity index (χ0) is 20.2. The lowest BCUT2D eigenvalue weighted by Crippen LogP contribution is -2.37. The molecule has 0 aliphatic carbocycles. The van der Waals surface area contributed by atoms with Crippen molar-refractivity contribution in [3.63, 3.8) is 0 Å². The van der Waals surface area contributed by atoms with Crippen LogP contribution in [0.4, 0.5) is 5.69 Å². The van der Waals surface area contributed by atoms with Crippen LogP contribution < -0.4 is 5.32 Å². The fourth-order valence-corrected chi connectivity index (χ4v) is 3.69. The fourth-order valence-electron chi connectivity index (χ4n) is 3.38. The summed E-state index contributed by atoms with van der Waals surface area (Å²) in [6.45, 7) is 2.15. The summed E-state index contributed by atoms with van der Waals surface area (Å²) in [7, 11) is 0. The van der Waals surface area contributed by atoms with Crippen LogP contribution in [0.2, 0.25) is 10.0 Å². The summed E-state index contributed by atoms with van der Waals surface area (Å²) in [5.74, 6) is 1.09. The van der Waals surface area contributed by atoms with Crippen molar-refractivity contribution >= 4 is 34.8 Å². The minimum absolute atomic E-state index is 0.0144. The number of likely N-dealkylation sites (tertiary alicyclic amines) is 1. The van der Waals surface area contributed by atoms with Crippen LogP contribution in [-0.4, -0.2) is 34.0 Å². The Morgan fingerprint density at radius 1 is 1.10 bits per heavy atom. The van der Waals surface area contributed by atoms with Crippen molar-refractivity contribution in [2.75, 3.05) is 18.4 Å². The molecule has 29 heavy (non-hydrogen) atoms. The molecule has 1 aliphatic heterocycles. The molecule has 1 amide bonds. The molecule has 4 rings (SSSR count). The molecule has 2 heterocycles. The van der Waals surface area contributed by atoms with Gasteiger partial charge in [0.05, 0.1) is 17.3 Å². The number of carbonyl (C=O) groups excluding carboxylic acids is 1. The summed E-state index contributed by atoms with van der Waals surface area (Å²) in [5, 5.41) is 8.19. The van der Waals surface area contributed by atoms with E-state index >= 15 is 0 Å². The third-order valence-corrected chi connectivity index (χ3v) is 5.60. The van der Waals surface area contributed by atoms with Crippen LogP contribution in [0.5, 0.6) is 0 Å². The lowest BCUT2D eigenvalue weighted by molar-refractivity contribution is -0.121. The van der Waals surface area contributed by atoms with Gasteiger partial charge in [0.2, 0.25) is 17.6 Å². The van der Waals surface area contributed by atoms with Gasteiger partial charge in [-0.15, -0.1) is 0 Å². The Balaban J connectivity index is 1.29. The first-order valence-corrected chi connectivity index (χ1v) is 10.2. The molecule has 1 aliphatic rings. The minimum Gasteiger partial charge on any atom is -0.338 e. The number of nitrogens with one attached hydrogen (secondary N) is 1. The number of nitrogens with zero attached hydrogens (tertiary/aromatic N) is 3. The highest BCUT2D eigenvalue weighted by Crippen LogP contribution is 2.25. The van der Waals surface area contributed by atoms with Gasteiger partial charge >= 0.3 is 0 Å². The Kier molecular flexibility index (Phi) is 6.13. The first-order valence-electron chi connectivity index (χ1n) is 9.45. The zero-order valence-electron chi connectivity index (χ0n) is 15.6. The molecular weight excluding hydrogens is 411 g/mol. The van der Waals surface area contributed by atoms with Crippen LogP contribution in [-0.2, 0) is 11.3 Å². The highest BCUT2D eigenvalue weighted by Gasteiger charge is 2.26. The van der Waals surface area contributed by atoms with Crippen LogP contribution in [0, 0.1) is 5.92 Å². The summed E-state index contributed by atoms with van der Waals surface area (Å²) < 4.78 is 5.39. The van der Waals surface area contributed by atoms with Gasteiger partial charge in [-0.05, 0) is 62.3 Å². The van der Waals surface area contributed by atoms with E-state index < -0.39 is 0 Å². The Hall–Kier alpha value is -2.41. The van der Waals surface area contributed by atoms with Crippen LogP contribution in [0.25, 0.3) is 11.4 Å². The number of anilines is 1. The molecule has 3 aromatic rings. The molecule has 2 aromatic carbocycles. The second-order valence-corrected chi connectivity index (χ2v) is 7.88. The number of benzene rings is 2. The number of hydrogen-bond donors (Lipinski definition) is 1. The number of amides is 1. The van der Waals surface area contributed by atoms with Crippen molar-refractivity contribution in [2.24, 2.45) is 5.92 Å². The maximum Gasteiger partial charge on any atom is 0.241 e. The van der Waals surface area contributed by atoms with Gasteiger partial charge in [-0.3, -0.25) is 9.69 Å². The van der Waals surface area contributed by atoms with Crippen molar-refractivity contribution in [3.8, 4) is 11.4 Å². The summed E-state index contributed by atoms with van der Waals surface area (Å²) in [4.78, 5) is 19.2. The Morgan fingerprint density at radius 2 is 1.83 bits per heavy atom. The van der Waals surface area contributed by atoms with Gasteiger partial charge in [-0.1, -0.05) is 40.5 Å². The molecule has 0 unspecified atom stereocenters. The smallest absolute Gasteiger partial charge is 0.241 e. The molecule has 0 spiro atoms. The number of rotatable bonds is 5. The lowest BCUT2D eigenvalue weighted by atomic mass is 9.96. The largest absolute Gasteiger partial charge is 0.338 e. The molecule has 0 bridgehead atoms. The normalized spacial score (nSPS) is 15.4. The van der Waals surface area contributed by atoms with E-state index in [1.165, 1.54) is 0 Å². The standard InChI is InChI=1S/C21H20Cl2N4O2/c22-16-7-5-14(6-8-16)20-25-19(29-26-20)13-27-11-9-15(10-12-27)21(28)24-18-4-2-1-3-17(18)23/h1-8,15H,9-13H2,(H,24,28). The second kappa shape index (κ2) is 8.95. The van der Waals surface area contributed by atoms with E-state index in [4.69, 9.17) is 27.7 Å². The van der Waals surface area contributed by atoms with Gasteiger partial charge in [0.15, 0.2) is 0 Å². The summed E-state index contributed by atoms with van der Waals surface area (Å²) >= 11 is 12.0. The molecular formula is C21H20Cl2N4O2. The molecule has 150 valence electrons. The Labute approximate surface area is 178 Å². The van der Waals surface area contributed by atoms with Crippen molar-refractivity contribution < 1.29 is 9.32 Å². The fraction of sp³-hybridized carbons (Fsp3) is 0.286. The molecule has 0 radical (unpaired) electrons. The maximum absolute atomic E-state index is 12.5. The topological polar surface area (TPSA) is 71.3 Å². The third kappa shape index (κ3) is 4.96. The third-order valence-electron chi connectivity index (χ3n) is 5.02. The molecule has 8 heteroatoms. The van der Waals surface area contributed by atoms with Crippen molar-refractivity contribution in [1.82, 2.24) is 15.0 Å². The average molecular weight is 431 g/mol. The predicted octanol–water partition coefficient (Wildman–Crippen LogP) is 4.89. The molecule has 1 saturated heterocycles. The molecule has 0 saturated carbocycles. The predicted molar refractivity (Wildman–Crippen MR) is 113 cm³/mol. The Bertz CT molecular complexity index is 982. The van der Waals surface area contributed by atoms with E-state index in [1.54, 1.807) is 18.2 Å². The SMILES string of the molecule is O=C(Nc1ccccc1Cl)C1CCN(Cc2nc(-c3ccc(Cl)cc3)no2)CC1. The average Bonchev–Trinajstić information content (AvgIpc) is 3.19. The number of aromatic nitrogens is 2. The molecule has 1 fully saturated rings. The molecule has 0 atom stereocenters. The maximum atomic E-state index is 12.5. The molecule has 6 nitrogen and oxygen atoms in total. The summed E-state index contributed by atoms with van der Waals surface area (Å²) in [6, 6.07) is 14.6. The van der Waals surface area contributed by atoms with E-state index in [0.717, 1.165) is 31.5 Å². The highest BCUT2D eigenvalue weighted by molar-refractivity contribution is 6.33. The van der Waals surface area contributed by atoms with Crippen molar-refractivity contribution in [3.05, 3.63) is 64.5 Å². The zero-order valence-corrected chi connectivity index (χ0v) is 17.2. The van der Waals surface area contributed by atoms with Gasteiger partial charge in [-0.25, -0.2) is 0 Å². The van der Waals surface area contributed by atoms with E-state index in [2.05, 4.69) is 20.4 Å². The van der Waals surface area contributed by atoms with Crippen LogP contribution in [0.3, 0.4) is 0 Å². The Morgan fingerprint density at radius 3 is 2.55 bits per heavy atom. The van der Waals surface area contributed by atoms with Crippen molar-refractivity contribution in [2.45, 2.75) is 19.4 Å². The van der Waals surface area contributed by atoms with Crippen molar-refractivity contribution in [1.29, 1.82) is 0 Å². The van der Waals surface area contributed by atoms with E-state index in [9.17, 15) is 4.79 Å². The number of piperidine rings is 1. The minimum atomic E-state index is -0.0326. The first kappa shape index (κ1) is 19.9. The van der Waals surface area contributed by atoms with Crippen LogP contribution in [0.1, 0.15) is 18.7 Å². The molecule has 1 N–H and O–H groups in total. The number of halogens is 2. The monoisotopic (exact) mass is 430 g/mol. The number of carbonyl (C=O) groups is 1. The quantitative estimate of drug-likeness (QED) is 0.623. The van der Waals surface area contributed by atoms with Gasteiger partial charge in [0.25, 0.3) is 0 Å². The van der Waals surface area contributed by atoms with Crippen LogP contribution in [0.15, 0.2) is 53.1 Å². The van der Waals surface area contributed by atoms with Crippen LogP contribution >= 0.6 is 23.2 Å². The van der Waals surface area contributed by atoms with E-state index in [0.29, 0.717) is 34.0 Å². The highest BCUT2D eigenvalue weighted by atomic mass is 35.5. The summed E-state index contributed by atoms with van der Waals surface area (Å²) in [6.07, 6.45) is 1.54. The lowest BCUT2D eigenvalue weighted by Gasteiger charge is -2.30. The van der Waals surface area contributed by atoms with E-state index in [-0.39, 0.29) is 11.8 Å². The van der Waals surface area contributed by atoms with Gasteiger partial charge in [0.1, 0.15) is 0 Å². The van der Waals surface area contributed by atoms with Gasteiger partial charge < -0.3 is 9.84 Å². The van der Waals surface area contributed by atoms with E-state index in [1.807, 2.05) is 30.3 Å². The van der Waals surface area contributed by atoms with Gasteiger partial charge in [0, 0.05) is 16.5 Å². The number of para-hydroxylation sites is 1. The summed E-state index contributed by atoms with van der Waals surface area (Å²) in [5.41, 5.74) is 1.52. The van der Waals surface area contributed by atoms with Gasteiger partial charge in [-0.2, -0.15) is 4.98 Å². The number of hydrogen-bond acceptors (Lipinski definition) is 5. The first-order chi connectivity index (χ1) is 14.1. The second-order valence-electron chi connectivity index (χ2n) is 7.04.